The third-order valence-corrected chi connectivity index (χ3v) is 8.28. The maximum absolute atomic E-state index is 13.6. The fourth-order valence-electron chi connectivity index (χ4n) is 1.14. The molecule has 0 bridgehead atoms. The van der Waals surface area contributed by atoms with E-state index in [9.17, 15) is 4.39 Å². The zero-order chi connectivity index (χ0) is 13.3. The van der Waals surface area contributed by atoms with E-state index in [0.717, 1.165) is 0 Å². The van der Waals surface area contributed by atoms with Crippen molar-refractivity contribution in [1.29, 1.82) is 0 Å². The van der Waals surface area contributed by atoms with Gasteiger partial charge in [-0.15, -0.1) is 0 Å². The van der Waals surface area contributed by atoms with Crippen molar-refractivity contribution in [3.63, 3.8) is 0 Å². The number of rotatable bonds is 3. The third kappa shape index (κ3) is 3.54. The molecule has 96 valence electrons. The highest BCUT2D eigenvalue weighted by atomic mass is 35.5. The van der Waals surface area contributed by atoms with Crippen molar-refractivity contribution in [3.05, 3.63) is 34.6 Å². The first kappa shape index (κ1) is 14.7. The first-order chi connectivity index (χ1) is 7.65. The smallest absolute Gasteiger partial charge is 0.192 e. The Morgan fingerprint density at radius 3 is 2.35 bits per heavy atom. The van der Waals surface area contributed by atoms with Gasteiger partial charge in [0.2, 0.25) is 0 Å². The lowest BCUT2D eigenvalue weighted by Crippen LogP contribution is -2.40. The van der Waals surface area contributed by atoms with Crippen molar-refractivity contribution < 1.29 is 8.82 Å². The Balaban J connectivity index is 2.81. The number of halogens is 2. The van der Waals surface area contributed by atoms with Gasteiger partial charge in [0.05, 0.1) is 6.61 Å². The Bertz CT molecular complexity index is 379. The van der Waals surface area contributed by atoms with Gasteiger partial charge in [-0.25, -0.2) is 4.39 Å². The minimum atomic E-state index is -1.86. The monoisotopic (exact) mass is 274 g/mol. The van der Waals surface area contributed by atoms with Crippen LogP contribution < -0.4 is 0 Å². The summed E-state index contributed by atoms with van der Waals surface area (Å²) in [5.41, 5.74) is 0.457. The zero-order valence-corrected chi connectivity index (χ0v) is 12.9. The second-order valence-corrected chi connectivity index (χ2v) is 11.0. The van der Waals surface area contributed by atoms with Crippen LogP contribution in [-0.2, 0) is 11.0 Å². The highest BCUT2D eigenvalue weighted by Gasteiger charge is 2.37. The Kier molecular flexibility index (Phi) is 4.39. The molecule has 0 saturated heterocycles. The molecule has 1 nitrogen and oxygen atoms in total. The minimum Gasteiger partial charge on any atom is -0.412 e. The van der Waals surface area contributed by atoms with Gasteiger partial charge in [-0.1, -0.05) is 38.4 Å². The Labute approximate surface area is 109 Å². The minimum absolute atomic E-state index is 0.116. The molecule has 1 aromatic carbocycles. The lowest BCUT2D eigenvalue weighted by atomic mass is 10.2. The first-order valence-corrected chi connectivity index (χ1v) is 9.00. The molecule has 1 aromatic rings. The average Bonchev–Trinajstić information content (AvgIpc) is 2.15. The van der Waals surface area contributed by atoms with Crippen LogP contribution in [0.4, 0.5) is 4.39 Å². The summed E-state index contributed by atoms with van der Waals surface area (Å²) in [5.74, 6) is -0.295. The van der Waals surface area contributed by atoms with E-state index in [4.69, 9.17) is 16.0 Å². The van der Waals surface area contributed by atoms with Crippen molar-refractivity contribution in [1.82, 2.24) is 0 Å². The highest BCUT2D eigenvalue weighted by Crippen LogP contribution is 2.37. The van der Waals surface area contributed by atoms with E-state index in [1.165, 1.54) is 6.07 Å². The van der Waals surface area contributed by atoms with E-state index in [1.807, 2.05) is 0 Å². The van der Waals surface area contributed by atoms with E-state index in [2.05, 4.69) is 33.9 Å². The molecule has 0 aliphatic heterocycles. The van der Waals surface area contributed by atoms with Gasteiger partial charge < -0.3 is 4.43 Å². The summed E-state index contributed by atoms with van der Waals surface area (Å²) in [6, 6.07) is 4.71. The number of hydrogen-bond donors (Lipinski definition) is 0. The SMILES string of the molecule is CC(C)(C)[Si](C)(C)OCc1c(F)cccc1Cl. The second-order valence-electron chi connectivity index (χ2n) is 5.75. The Hall–Kier alpha value is -0.383. The Morgan fingerprint density at radius 2 is 1.88 bits per heavy atom. The molecule has 17 heavy (non-hydrogen) atoms. The molecule has 0 N–H and O–H groups in total. The number of benzene rings is 1. The van der Waals surface area contributed by atoms with Crippen LogP contribution in [0.5, 0.6) is 0 Å². The average molecular weight is 275 g/mol. The molecule has 0 unspecified atom stereocenters. The summed E-state index contributed by atoms with van der Waals surface area (Å²) < 4.78 is 19.5. The molecule has 0 amide bonds. The van der Waals surface area contributed by atoms with Crippen LogP contribution in [0, 0.1) is 5.82 Å². The largest absolute Gasteiger partial charge is 0.412 e. The Morgan fingerprint density at radius 1 is 1.29 bits per heavy atom. The van der Waals surface area contributed by atoms with E-state index >= 15 is 0 Å². The van der Waals surface area contributed by atoms with Gasteiger partial charge in [0.25, 0.3) is 0 Å². The maximum Gasteiger partial charge on any atom is 0.192 e. The first-order valence-electron chi connectivity index (χ1n) is 5.72. The van der Waals surface area contributed by atoms with Gasteiger partial charge in [-0.3, -0.25) is 0 Å². The van der Waals surface area contributed by atoms with Crippen LogP contribution in [0.3, 0.4) is 0 Å². The summed E-state index contributed by atoms with van der Waals surface area (Å²) in [7, 11) is -1.86. The third-order valence-electron chi connectivity index (χ3n) is 3.45. The van der Waals surface area contributed by atoms with Crippen molar-refractivity contribution in [2.75, 3.05) is 0 Å². The van der Waals surface area contributed by atoms with Crippen LogP contribution in [0.2, 0.25) is 23.2 Å². The molecule has 0 atom stereocenters. The molecule has 0 aliphatic carbocycles. The summed E-state index contributed by atoms with van der Waals surface area (Å²) in [6.45, 7) is 11.0. The molecule has 0 spiro atoms. The van der Waals surface area contributed by atoms with Crippen LogP contribution in [0.1, 0.15) is 26.3 Å². The maximum atomic E-state index is 13.6. The fourth-order valence-corrected chi connectivity index (χ4v) is 2.30. The topological polar surface area (TPSA) is 9.23 Å². The molecule has 0 fully saturated rings. The van der Waals surface area contributed by atoms with Crippen molar-refractivity contribution in [3.8, 4) is 0 Å². The summed E-state index contributed by atoms with van der Waals surface area (Å²) in [6.07, 6.45) is 0. The van der Waals surface area contributed by atoms with Crippen molar-refractivity contribution in [2.24, 2.45) is 0 Å². The van der Waals surface area contributed by atoms with E-state index in [-0.39, 0.29) is 17.5 Å². The molecule has 0 aliphatic rings. The molecular weight excluding hydrogens is 255 g/mol. The van der Waals surface area contributed by atoms with E-state index in [0.29, 0.717) is 10.6 Å². The van der Waals surface area contributed by atoms with Gasteiger partial charge in [-0.2, -0.15) is 0 Å². The van der Waals surface area contributed by atoms with Crippen molar-refractivity contribution >= 4 is 19.9 Å². The lowest BCUT2D eigenvalue weighted by Gasteiger charge is -2.36. The molecule has 1 rings (SSSR count). The predicted octanol–water partition coefficient (Wildman–Crippen LogP) is 5.00. The van der Waals surface area contributed by atoms with Gasteiger partial charge >= 0.3 is 0 Å². The van der Waals surface area contributed by atoms with Gasteiger partial charge in [-0.05, 0) is 30.3 Å². The van der Waals surface area contributed by atoms with E-state index in [1.54, 1.807) is 12.1 Å². The van der Waals surface area contributed by atoms with Crippen molar-refractivity contribution in [2.45, 2.75) is 45.5 Å². The fraction of sp³-hybridized carbons (Fsp3) is 0.538. The second kappa shape index (κ2) is 5.08. The van der Waals surface area contributed by atoms with Gasteiger partial charge in [0.15, 0.2) is 8.32 Å². The standard InChI is InChI=1S/C13H20ClFOSi/c1-13(2,3)17(4,5)16-9-10-11(14)7-6-8-12(10)15/h6-8H,9H2,1-5H3. The van der Waals surface area contributed by atoms with Crippen LogP contribution >= 0.6 is 11.6 Å². The predicted molar refractivity (Wildman–Crippen MR) is 73.4 cm³/mol. The summed E-state index contributed by atoms with van der Waals surface area (Å²) in [5, 5.41) is 0.550. The molecule has 0 aromatic heterocycles. The normalized spacial score (nSPS) is 12.9. The summed E-state index contributed by atoms with van der Waals surface area (Å²) >= 11 is 5.97. The van der Waals surface area contributed by atoms with Crippen LogP contribution in [0.25, 0.3) is 0 Å². The summed E-state index contributed by atoms with van der Waals surface area (Å²) in [4.78, 5) is 0. The van der Waals surface area contributed by atoms with Gasteiger partial charge in [0, 0.05) is 10.6 Å². The lowest BCUT2D eigenvalue weighted by molar-refractivity contribution is 0.271. The quantitative estimate of drug-likeness (QED) is 0.705. The molecule has 0 heterocycles. The van der Waals surface area contributed by atoms with Crippen LogP contribution in [-0.4, -0.2) is 8.32 Å². The number of hydrogen-bond acceptors (Lipinski definition) is 1. The zero-order valence-electron chi connectivity index (χ0n) is 11.1. The molecule has 0 radical (unpaired) electrons. The molecular formula is C13H20ClFOSi. The van der Waals surface area contributed by atoms with Crippen LogP contribution in [0.15, 0.2) is 18.2 Å². The van der Waals surface area contributed by atoms with E-state index < -0.39 is 8.32 Å². The van der Waals surface area contributed by atoms with Gasteiger partial charge in [0.1, 0.15) is 5.82 Å². The molecule has 4 heteroatoms. The highest BCUT2D eigenvalue weighted by molar-refractivity contribution is 6.74. The molecule has 0 saturated carbocycles.